The minimum absolute atomic E-state index is 0.117. The molecule has 190 valence electrons. The summed E-state index contributed by atoms with van der Waals surface area (Å²) in [5.74, 6) is -1.73. The zero-order valence-electron chi connectivity index (χ0n) is 20.7. The summed E-state index contributed by atoms with van der Waals surface area (Å²) in [5, 5.41) is 7.41. The Morgan fingerprint density at radius 2 is 1.77 bits per heavy atom. The lowest BCUT2D eigenvalue weighted by atomic mass is 9.67. The van der Waals surface area contributed by atoms with Gasteiger partial charge in [-0.15, -0.1) is 0 Å². The predicted molar refractivity (Wildman–Crippen MR) is 127 cm³/mol. The van der Waals surface area contributed by atoms with Gasteiger partial charge in [-0.05, 0) is 49.5 Å². The Balaban J connectivity index is 1.47. The van der Waals surface area contributed by atoms with Crippen LogP contribution in [0.15, 0.2) is 30.3 Å². The Morgan fingerprint density at radius 3 is 2.37 bits per heavy atom. The molecule has 1 atom stereocenters. The highest BCUT2D eigenvalue weighted by Gasteiger charge is 2.53. The summed E-state index contributed by atoms with van der Waals surface area (Å²) >= 11 is 0. The van der Waals surface area contributed by atoms with Crippen LogP contribution in [-0.2, 0) is 25.7 Å². The summed E-state index contributed by atoms with van der Waals surface area (Å²) in [6.45, 7) is 7.41. The standard InChI is InChI=1S/C25H34N4O6/c1-16(20(31)27-22(33)26-14-17-8-6-5-7-9-17)35-19(30)15-29-21(32)25(28-23(29)34)12-10-18(11-13-25)24(2,3)4/h5-9,16,18H,10-15H2,1-4H3,(H,28,34)(H2,26,27,31,33). The van der Waals surface area contributed by atoms with E-state index in [0.29, 0.717) is 18.8 Å². The summed E-state index contributed by atoms with van der Waals surface area (Å²) in [6.07, 6.45) is 1.35. The zero-order chi connectivity index (χ0) is 25.8. The lowest BCUT2D eigenvalue weighted by Crippen LogP contribution is -2.51. The van der Waals surface area contributed by atoms with Crippen molar-refractivity contribution in [3.05, 3.63) is 35.9 Å². The van der Waals surface area contributed by atoms with Gasteiger partial charge in [0.2, 0.25) is 0 Å². The molecule has 1 spiro atoms. The summed E-state index contributed by atoms with van der Waals surface area (Å²) in [6, 6.07) is 7.77. The van der Waals surface area contributed by atoms with Crippen LogP contribution in [0.5, 0.6) is 0 Å². The van der Waals surface area contributed by atoms with Crippen LogP contribution in [0.25, 0.3) is 0 Å². The molecule has 1 heterocycles. The molecule has 2 aliphatic rings. The third-order valence-electron chi connectivity index (χ3n) is 6.81. The maximum atomic E-state index is 13.0. The first-order valence-corrected chi connectivity index (χ1v) is 11.9. The molecule has 0 radical (unpaired) electrons. The van der Waals surface area contributed by atoms with E-state index in [1.807, 2.05) is 30.3 Å². The fourth-order valence-corrected chi connectivity index (χ4v) is 4.59. The lowest BCUT2D eigenvalue weighted by Gasteiger charge is -2.40. The Labute approximate surface area is 205 Å². The van der Waals surface area contributed by atoms with Crippen LogP contribution >= 0.6 is 0 Å². The van der Waals surface area contributed by atoms with Crippen LogP contribution in [0, 0.1) is 11.3 Å². The third-order valence-corrected chi connectivity index (χ3v) is 6.81. The Bertz CT molecular complexity index is 979. The van der Waals surface area contributed by atoms with E-state index in [1.165, 1.54) is 6.92 Å². The zero-order valence-corrected chi connectivity index (χ0v) is 20.7. The summed E-state index contributed by atoms with van der Waals surface area (Å²) < 4.78 is 5.07. The van der Waals surface area contributed by atoms with Gasteiger partial charge < -0.3 is 15.4 Å². The number of urea groups is 2. The minimum Gasteiger partial charge on any atom is -0.451 e. The second kappa shape index (κ2) is 10.5. The summed E-state index contributed by atoms with van der Waals surface area (Å²) in [4.78, 5) is 62.9. The maximum absolute atomic E-state index is 13.0. The third kappa shape index (κ3) is 6.37. The highest BCUT2D eigenvalue weighted by molar-refractivity contribution is 6.09. The molecule has 0 aromatic heterocycles. The molecular weight excluding hydrogens is 452 g/mol. The number of rotatable bonds is 6. The number of amides is 6. The van der Waals surface area contributed by atoms with Crippen LogP contribution in [-0.4, -0.2) is 52.9 Å². The van der Waals surface area contributed by atoms with Crippen molar-refractivity contribution in [1.82, 2.24) is 20.9 Å². The molecule has 3 N–H and O–H groups in total. The van der Waals surface area contributed by atoms with E-state index in [1.54, 1.807) is 0 Å². The van der Waals surface area contributed by atoms with Crippen molar-refractivity contribution in [3.63, 3.8) is 0 Å². The van der Waals surface area contributed by atoms with Crippen molar-refractivity contribution in [3.8, 4) is 0 Å². The molecular formula is C25H34N4O6. The van der Waals surface area contributed by atoms with Gasteiger partial charge >= 0.3 is 18.0 Å². The Hall–Kier alpha value is -3.43. The van der Waals surface area contributed by atoms with Crippen LogP contribution < -0.4 is 16.0 Å². The van der Waals surface area contributed by atoms with Crippen molar-refractivity contribution in [2.24, 2.45) is 11.3 Å². The van der Waals surface area contributed by atoms with Crippen molar-refractivity contribution in [2.75, 3.05) is 6.54 Å². The predicted octanol–water partition coefficient (Wildman–Crippen LogP) is 2.47. The van der Waals surface area contributed by atoms with Gasteiger partial charge in [0.1, 0.15) is 12.1 Å². The van der Waals surface area contributed by atoms with Gasteiger partial charge in [0, 0.05) is 6.54 Å². The molecule has 1 aliphatic carbocycles. The second-order valence-corrected chi connectivity index (χ2v) is 10.3. The first kappa shape index (κ1) is 26.2. The van der Waals surface area contributed by atoms with Crippen molar-refractivity contribution >= 4 is 29.8 Å². The number of imide groups is 2. The minimum atomic E-state index is -1.29. The van der Waals surface area contributed by atoms with Gasteiger partial charge in [0.15, 0.2) is 6.10 Å². The molecule has 1 unspecified atom stereocenters. The number of nitrogens with zero attached hydrogens (tertiary/aromatic N) is 1. The van der Waals surface area contributed by atoms with Crippen molar-refractivity contribution in [2.45, 2.75) is 71.6 Å². The highest BCUT2D eigenvalue weighted by Crippen LogP contribution is 2.43. The number of benzene rings is 1. The number of carbonyl (C=O) groups excluding carboxylic acids is 5. The molecule has 6 amide bonds. The number of nitrogens with one attached hydrogen (secondary N) is 3. The first-order valence-electron chi connectivity index (χ1n) is 11.9. The summed E-state index contributed by atoms with van der Waals surface area (Å²) in [5.41, 5.74) is -0.0157. The van der Waals surface area contributed by atoms with Crippen LogP contribution in [0.3, 0.4) is 0 Å². The van der Waals surface area contributed by atoms with Crippen LogP contribution in [0.4, 0.5) is 9.59 Å². The van der Waals surface area contributed by atoms with Gasteiger partial charge in [0.25, 0.3) is 11.8 Å². The number of carbonyl (C=O) groups is 5. The largest absolute Gasteiger partial charge is 0.451 e. The van der Waals surface area contributed by atoms with Crippen molar-refractivity contribution < 1.29 is 28.7 Å². The van der Waals surface area contributed by atoms with E-state index in [2.05, 4.69) is 36.7 Å². The number of esters is 1. The molecule has 2 fully saturated rings. The number of hydrogen-bond acceptors (Lipinski definition) is 6. The molecule has 10 nitrogen and oxygen atoms in total. The van der Waals surface area contributed by atoms with Crippen molar-refractivity contribution in [1.29, 1.82) is 0 Å². The smallest absolute Gasteiger partial charge is 0.327 e. The van der Waals surface area contributed by atoms with Gasteiger partial charge in [-0.3, -0.25) is 24.6 Å². The highest BCUT2D eigenvalue weighted by atomic mass is 16.5. The van der Waals surface area contributed by atoms with Crippen LogP contribution in [0.2, 0.25) is 0 Å². The molecule has 1 aliphatic heterocycles. The normalized spacial score (nSPS) is 23.0. The molecule has 35 heavy (non-hydrogen) atoms. The van der Waals surface area contributed by atoms with E-state index in [0.717, 1.165) is 23.3 Å². The molecule has 1 aromatic rings. The molecule has 1 saturated heterocycles. The van der Waals surface area contributed by atoms with E-state index >= 15 is 0 Å². The molecule has 1 aromatic carbocycles. The topological polar surface area (TPSA) is 134 Å². The van der Waals surface area contributed by atoms with E-state index in [-0.39, 0.29) is 12.0 Å². The summed E-state index contributed by atoms with van der Waals surface area (Å²) in [7, 11) is 0. The van der Waals surface area contributed by atoms with E-state index in [9.17, 15) is 24.0 Å². The van der Waals surface area contributed by atoms with Crippen LogP contribution in [0.1, 0.15) is 58.9 Å². The van der Waals surface area contributed by atoms with E-state index < -0.39 is 48.0 Å². The lowest BCUT2D eigenvalue weighted by molar-refractivity contribution is -0.156. The van der Waals surface area contributed by atoms with Gasteiger partial charge in [-0.1, -0.05) is 51.1 Å². The molecule has 10 heteroatoms. The molecule has 1 saturated carbocycles. The second-order valence-electron chi connectivity index (χ2n) is 10.3. The fraction of sp³-hybridized carbons (Fsp3) is 0.560. The maximum Gasteiger partial charge on any atom is 0.327 e. The molecule has 0 bridgehead atoms. The monoisotopic (exact) mass is 486 g/mol. The Morgan fingerprint density at radius 1 is 1.14 bits per heavy atom. The van der Waals surface area contributed by atoms with Gasteiger partial charge in [-0.25, -0.2) is 9.59 Å². The van der Waals surface area contributed by atoms with Gasteiger partial charge in [-0.2, -0.15) is 0 Å². The van der Waals surface area contributed by atoms with E-state index in [4.69, 9.17) is 4.74 Å². The fourth-order valence-electron chi connectivity index (χ4n) is 4.59. The quantitative estimate of drug-likeness (QED) is 0.418. The Kier molecular flexibility index (Phi) is 7.82. The average Bonchev–Trinajstić information content (AvgIpc) is 3.01. The number of ether oxygens (including phenoxy) is 1. The van der Waals surface area contributed by atoms with Gasteiger partial charge in [0.05, 0.1) is 0 Å². The first-order chi connectivity index (χ1) is 16.4. The SMILES string of the molecule is CC(OC(=O)CN1C(=O)NC2(CCC(C(C)(C)C)CC2)C1=O)C(=O)NC(=O)NCc1ccccc1. The molecule has 3 rings (SSSR count). The average molecular weight is 487 g/mol. The number of hydrogen-bond donors (Lipinski definition) is 3.